The zero-order valence-electron chi connectivity index (χ0n) is 20.1. The Morgan fingerprint density at radius 3 is 2.34 bits per heavy atom. The number of amides is 1. The highest BCUT2D eigenvalue weighted by Gasteiger charge is 2.42. The maximum atomic E-state index is 13.4. The number of rotatable bonds is 7. The van der Waals surface area contributed by atoms with Crippen LogP contribution in [-0.2, 0) is 6.61 Å². The molecule has 0 saturated carbocycles. The average molecular weight is 486 g/mol. The predicted octanol–water partition coefficient (Wildman–Crippen LogP) is 6.82. The van der Waals surface area contributed by atoms with E-state index in [1.165, 1.54) is 5.56 Å². The number of nitrogens with one attached hydrogen (secondary N) is 1. The fraction of sp³-hybridized carbons (Fsp3) is 0.241. The summed E-state index contributed by atoms with van der Waals surface area (Å²) in [7, 11) is 0. The van der Waals surface area contributed by atoms with Crippen LogP contribution in [-0.4, -0.2) is 27.5 Å². The van der Waals surface area contributed by atoms with Crippen LogP contribution in [0.15, 0.2) is 72.8 Å². The predicted molar refractivity (Wildman–Crippen MR) is 139 cm³/mol. The number of carbonyl (C=O) groups excluding carboxylic acids is 1. The van der Waals surface area contributed by atoms with Crippen molar-refractivity contribution in [3.05, 3.63) is 106 Å². The van der Waals surface area contributed by atoms with Gasteiger partial charge in [0.15, 0.2) is 0 Å². The topological polar surface area (TPSA) is 58.2 Å². The van der Waals surface area contributed by atoms with E-state index >= 15 is 0 Å². The minimum Gasteiger partial charge on any atom is -0.489 e. The lowest BCUT2D eigenvalue weighted by Crippen LogP contribution is -2.32. The number of hydrogen-bond donors (Lipinski definition) is 1. The maximum Gasteiger partial charge on any atom is 0.273 e. The summed E-state index contributed by atoms with van der Waals surface area (Å²) in [5.41, 5.74) is 6.61. The molecule has 0 aliphatic carbocycles. The monoisotopic (exact) mass is 485 g/mol. The minimum absolute atomic E-state index is 0.00683. The third-order valence-electron chi connectivity index (χ3n) is 6.27. The largest absolute Gasteiger partial charge is 0.489 e. The Morgan fingerprint density at radius 2 is 1.69 bits per heavy atom. The van der Waals surface area contributed by atoms with Crippen LogP contribution in [0.5, 0.6) is 5.75 Å². The summed E-state index contributed by atoms with van der Waals surface area (Å²) in [5.74, 6) is 1.10. The molecule has 1 unspecified atom stereocenters. The highest BCUT2D eigenvalue weighted by molar-refractivity contribution is 6.30. The van der Waals surface area contributed by atoms with Gasteiger partial charge in [-0.25, -0.2) is 0 Å². The van der Waals surface area contributed by atoms with Crippen LogP contribution in [0, 0.1) is 12.8 Å². The van der Waals surface area contributed by atoms with Crippen LogP contribution in [0.2, 0.25) is 5.02 Å². The molecular weight excluding hydrogens is 458 g/mol. The molecule has 4 aromatic rings. The van der Waals surface area contributed by atoms with E-state index in [4.69, 9.17) is 16.3 Å². The Hall–Kier alpha value is -3.57. The molecule has 1 aliphatic heterocycles. The van der Waals surface area contributed by atoms with Crippen LogP contribution in [0.25, 0.3) is 11.3 Å². The number of aromatic amines is 1. The summed E-state index contributed by atoms with van der Waals surface area (Å²) in [6.45, 7) is 7.44. The number of benzene rings is 3. The summed E-state index contributed by atoms with van der Waals surface area (Å²) in [6.07, 6.45) is 0. The number of halogens is 1. The first-order chi connectivity index (χ1) is 16.9. The number of aromatic nitrogens is 2. The number of carbonyl (C=O) groups is 1. The Kier molecular flexibility index (Phi) is 6.35. The average Bonchev–Trinajstić information content (AvgIpc) is 3.39. The van der Waals surface area contributed by atoms with Crippen molar-refractivity contribution in [1.82, 2.24) is 15.1 Å². The molecule has 5 nitrogen and oxygen atoms in total. The number of H-pyrrole nitrogens is 1. The van der Waals surface area contributed by atoms with Crippen molar-refractivity contribution in [3.8, 4) is 17.0 Å². The quantitative estimate of drug-likeness (QED) is 0.312. The lowest BCUT2D eigenvalue weighted by Gasteiger charge is -2.28. The van der Waals surface area contributed by atoms with Gasteiger partial charge in [-0.2, -0.15) is 5.10 Å². The van der Waals surface area contributed by atoms with Crippen molar-refractivity contribution in [1.29, 1.82) is 0 Å². The molecule has 0 bridgehead atoms. The molecule has 1 N–H and O–H groups in total. The minimum atomic E-state index is -0.208. The van der Waals surface area contributed by atoms with Crippen LogP contribution in [0.4, 0.5) is 0 Å². The summed E-state index contributed by atoms with van der Waals surface area (Å²) in [6, 6.07) is 23.7. The van der Waals surface area contributed by atoms with Gasteiger partial charge in [0, 0.05) is 22.7 Å². The molecule has 35 heavy (non-hydrogen) atoms. The molecule has 1 aromatic heterocycles. The molecule has 1 aliphatic rings. The van der Waals surface area contributed by atoms with E-state index < -0.39 is 0 Å². The van der Waals surface area contributed by atoms with E-state index in [0.29, 0.717) is 29.8 Å². The Labute approximate surface area is 210 Å². The molecule has 0 spiro atoms. The van der Waals surface area contributed by atoms with Gasteiger partial charge in [0.2, 0.25) is 0 Å². The molecule has 0 fully saturated rings. The summed E-state index contributed by atoms with van der Waals surface area (Å²) < 4.78 is 5.98. The van der Waals surface area contributed by atoms with Gasteiger partial charge in [-0.3, -0.25) is 9.89 Å². The number of nitrogens with zero attached hydrogens (tertiary/aromatic N) is 2. The first-order valence-corrected chi connectivity index (χ1v) is 12.2. The van der Waals surface area contributed by atoms with E-state index in [1.807, 2.05) is 53.4 Å². The van der Waals surface area contributed by atoms with Gasteiger partial charge < -0.3 is 9.64 Å². The standard InChI is InChI=1S/C29H28ClN3O2/c1-18(2)16-33-28(22-10-14-24(15-11-22)35-17-20-6-12-23(30)13-7-20)25-26(31-32-27(25)29(33)34)21-8-4-19(3)5-9-21/h4-15,18,28H,16-17H2,1-3H3,(H,31,32). The van der Waals surface area contributed by atoms with Gasteiger partial charge in [-0.15, -0.1) is 0 Å². The lowest BCUT2D eigenvalue weighted by molar-refractivity contribution is 0.0722. The molecule has 6 heteroatoms. The zero-order valence-corrected chi connectivity index (χ0v) is 20.8. The van der Waals surface area contributed by atoms with Crippen LogP contribution in [0.1, 0.15) is 52.6 Å². The normalized spacial score (nSPS) is 15.1. The number of fused-ring (bicyclic) bond motifs is 1. The smallest absolute Gasteiger partial charge is 0.273 e. The molecule has 2 heterocycles. The van der Waals surface area contributed by atoms with Crippen LogP contribution in [0.3, 0.4) is 0 Å². The van der Waals surface area contributed by atoms with Crippen molar-refractivity contribution in [2.75, 3.05) is 6.54 Å². The van der Waals surface area contributed by atoms with E-state index in [0.717, 1.165) is 33.7 Å². The zero-order chi connectivity index (χ0) is 24.5. The molecule has 0 saturated heterocycles. The van der Waals surface area contributed by atoms with Crippen molar-refractivity contribution in [2.45, 2.75) is 33.4 Å². The first-order valence-electron chi connectivity index (χ1n) is 11.8. The molecule has 1 amide bonds. The van der Waals surface area contributed by atoms with Gasteiger partial charge in [-0.1, -0.05) is 79.5 Å². The molecule has 0 radical (unpaired) electrons. The highest BCUT2D eigenvalue weighted by atomic mass is 35.5. The second-order valence-electron chi connectivity index (χ2n) is 9.46. The van der Waals surface area contributed by atoms with Crippen molar-refractivity contribution < 1.29 is 9.53 Å². The Balaban J connectivity index is 1.46. The fourth-order valence-corrected chi connectivity index (χ4v) is 4.68. The van der Waals surface area contributed by atoms with Crippen molar-refractivity contribution in [2.24, 2.45) is 5.92 Å². The van der Waals surface area contributed by atoms with E-state index in [9.17, 15) is 4.79 Å². The Morgan fingerprint density at radius 1 is 1.00 bits per heavy atom. The third kappa shape index (κ3) is 4.69. The molecule has 5 rings (SSSR count). The van der Waals surface area contributed by atoms with E-state index in [-0.39, 0.29) is 11.9 Å². The summed E-state index contributed by atoms with van der Waals surface area (Å²) >= 11 is 5.97. The van der Waals surface area contributed by atoms with Crippen LogP contribution < -0.4 is 4.74 Å². The molecule has 178 valence electrons. The van der Waals surface area contributed by atoms with Gasteiger partial charge in [0.05, 0.1) is 11.7 Å². The first kappa shape index (κ1) is 23.2. The fourth-order valence-electron chi connectivity index (χ4n) is 4.55. The second-order valence-corrected chi connectivity index (χ2v) is 9.90. The summed E-state index contributed by atoms with van der Waals surface area (Å²) in [5, 5.41) is 8.30. The SMILES string of the molecule is Cc1ccc(-c2n[nH]c3c2C(c2ccc(OCc4ccc(Cl)cc4)cc2)N(CC(C)C)C3=O)cc1. The van der Waals surface area contributed by atoms with Gasteiger partial charge in [0.25, 0.3) is 5.91 Å². The number of hydrogen-bond acceptors (Lipinski definition) is 3. The number of aryl methyl sites for hydroxylation is 1. The van der Waals surface area contributed by atoms with Gasteiger partial charge in [0.1, 0.15) is 18.1 Å². The lowest BCUT2D eigenvalue weighted by atomic mass is 9.95. The maximum absolute atomic E-state index is 13.4. The Bertz CT molecular complexity index is 1330. The second kappa shape index (κ2) is 9.59. The van der Waals surface area contributed by atoms with Crippen molar-refractivity contribution in [3.63, 3.8) is 0 Å². The van der Waals surface area contributed by atoms with Crippen molar-refractivity contribution >= 4 is 17.5 Å². The molecule has 3 aromatic carbocycles. The molecular formula is C29H28ClN3O2. The molecule has 1 atom stereocenters. The van der Waals surface area contributed by atoms with Crippen LogP contribution >= 0.6 is 11.6 Å². The van der Waals surface area contributed by atoms with E-state index in [2.05, 4.69) is 55.2 Å². The van der Waals surface area contributed by atoms with Gasteiger partial charge >= 0.3 is 0 Å². The van der Waals surface area contributed by atoms with E-state index in [1.54, 1.807) is 0 Å². The third-order valence-corrected chi connectivity index (χ3v) is 6.52. The highest BCUT2D eigenvalue weighted by Crippen LogP contribution is 2.43. The van der Waals surface area contributed by atoms with Gasteiger partial charge in [-0.05, 0) is 48.2 Å². The summed E-state index contributed by atoms with van der Waals surface area (Å²) in [4.78, 5) is 15.3. The number of ether oxygens (including phenoxy) is 1.